The molecule has 1 heterocycles. The number of hydrogen-bond donors (Lipinski definition) is 2. The second-order valence-electron chi connectivity index (χ2n) is 4.80. The lowest BCUT2D eigenvalue weighted by atomic mass is 9.73. The maximum absolute atomic E-state index is 6.16. The SMILES string of the molecule is NC1CCCCC1C1COCCC1N. The number of nitrogens with two attached hydrogens (primary N) is 2. The predicted molar refractivity (Wildman–Crippen MR) is 56.8 cm³/mol. The summed E-state index contributed by atoms with van der Waals surface area (Å²) >= 11 is 0. The molecule has 2 fully saturated rings. The zero-order valence-corrected chi connectivity index (χ0v) is 8.82. The van der Waals surface area contributed by atoms with E-state index < -0.39 is 0 Å². The van der Waals surface area contributed by atoms with Crippen LogP contribution in [0.2, 0.25) is 0 Å². The van der Waals surface area contributed by atoms with Crippen LogP contribution in [0.25, 0.3) is 0 Å². The highest BCUT2D eigenvalue weighted by atomic mass is 16.5. The lowest BCUT2D eigenvalue weighted by molar-refractivity contribution is 0.00438. The van der Waals surface area contributed by atoms with Crippen LogP contribution >= 0.6 is 0 Å². The van der Waals surface area contributed by atoms with E-state index >= 15 is 0 Å². The quantitative estimate of drug-likeness (QED) is 0.657. The molecule has 0 bridgehead atoms. The number of ether oxygens (including phenoxy) is 1. The Balaban J connectivity index is 1.96. The monoisotopic (exact) mass is 198 g/mol. The molecule has 0 amide bonds. The Labute approximate surface area is 86.2 Å². The summed E-state index contributed by atoms with van der Waals surface area (Å²) in [4.78, 5) is 0. The first-order valence-corrected chi connectivity index (χ1v) is 5.88. The fourth-order valence-electron chi connectivity index (χ4n) is 2.94. The average molecular weight is 198 g/mol. The third-order valence-electron chi connectivity index (χ3n) is 3.88. The standard InChI is InChI=1S/C11H22N2O/c12-10-4-2-1-3-8(10)9-7-14-6-5-11(9)13/h8-11H,1-7,12-13H2. The van der Waals surface area contributed by atoms with Crippen molar-refractivity contribution >= 4 is 0 Å². The van der Waals surface area contributed by atoms with Crippen LogP contribution in [0.15, 0.2) is 0 Å². The van der Waals surface area contributed by atoms with Crippen molar-refractivity contribution < 1.29 is 4.74 Å². The van der Waals surface area contributed by atoms with Crippen molar-refractivity contribution in [1.29, 1.82) is 0 Å². The molecule has 0 aromatic rings. The Kier molecular flexibility index (Phi) is 3.42. The van der Waals surface area contributed by atoms with Crippen molar-refractivity contribution in [1.82, 2.24) is 0 Å². The lowest BCUT2D eigenvalue weighted by Crippen LogP contribution is -2.49. The summed E-state index contributed by atoms with van der Waals surface area (Å²) in [6.07, 6.45) is 6.05. The van der Waals surface area contributed by atoms with E-state index in [1.54, 1.807) is 0 Å². The average Bonchev–Trinajstić information content (AvgIpc) is 2.20. The molecule has 1 aliphatic heterocycles. The van der Waals surface area contributed by atoms with E-state index in [2.05, 4.69) is 0 Å². The first kappa shape index (κ1) is 10.4. The van der Waals surface area contributed by atoms with E-state index in [0.717, 1.165) is 19.6 Å². The molecule has 3 heteroatoms. The third kappa shape index (κ3) is 2.10. The third-order valence-corrected chi connectivity index (χ3v) is 3.88. The maximum Gasteiger partial charge on any atom is 0.0512 e. The van der Waals surface area contributed by atoms with E-state index in [1.807, 2.05) is 0 Å². The van der Waals surface area contributed by atoms with Gasteiger partial charge in [-0.3, -0.25) is 0 Å². The molecular formula is C11H22N2O. The molecule has 0 aromatic heterocycles. The van der Waals surface area contributed by atoms with E-state index in [4.69, 9.17) is 16.2 Å². The highest BCUT2D eigenvalue weighted by molar-refractivity contribution is 4.89. The summed E-state index contributed by atoms with van der Waals surface area (Å²) in [6.45, 7) is 1.67. The molecule has 0 aromatic carbocycles. The van der Waals surface area contributed by atoms with E-state index in [1.165, 1.54) is 25.7 Å². The van der Waals surface area contributed by atoms with Crippen molar-refractivity contribution in [2.75, 3.05) is 13.2 Å². The summed E-state index contributed by atoms with van der Waals surface area (Å²) in [5.74, 6) is 1.12. The lowest BCUT2D eigenvalue weighted by Gasteiger charge is -2.40. The summed E-state index contributed by atoms with van der Waals surface area (Å²) in [6, 6.07) is 0.680. The Hall–Kier alpha value is -0.120. The smallest absolute Gasteiger partial charge is 0.0512 e. The second-order valence-corrected chi connectivity index (χ2v) is 4.80. The minimum atomic E-state index is 0.317. The van der Waals surface area contributed by atoms with Crippen LogP contribution in [0.3, 0.4) is 0 Å². The van der Waals surface area contributed by atoms with Crippen molar-refractivity contribution in [2.24, 2.45) is 23.3 Å². The van der Waals surface area contributed by atoms with Crippen molar-refractivity contribution in [3.63, 3.8) is 0 Å². The van der Waals surface area contributed by atoms with Crippen molar-refractivity contribution in [3.8, 4) is 0 Å². The van der Waals surface area contributed by atoms with E-state index in [-0.39, 0.29) is 0 Å². The Morgan fingerprint density at radius 1 is 0.857 bits per heavy atom. The summed E-state index contributed by atoms with van der Waals surface area (Å²) in [5, 5.41) is 0. The molecule has 4 unspecified atom stereocenters. The highest BCUT2D eigenvalue weighted by Crippen LogP contribution is 2.33. The van der Waals surface area contributed by atoms with Gasteiger partial charge in [-0.05, 0) is 25.2 Å². The first-order valence-electron chi connectivity index (χ1n) is 5.88. The molecular weight excluding hydrogens is 176 g/mol. The molecule has 1 saturated heterocycles. The van der Waals surface area contributed by atoms with Gasteiger partial charge in [0.15, 0.2) is 0 Å². The maximum atomic E-state index is 6.16. The molecule has 1 aliphatic carbocycles. The normalized spacial score (nSPS) is 45.0. The molecule has 4 N–H and O–H groups in total. The van der Waals surface area contributed by atoms with Crippen LogP contribution < -0.4 is 11.5 Å². The van der Waals surface area contributed by atoms with Crippen molar-refractivity contribution in [2.45, 2.75) is 44.2 Å². The molecule has 2 aliphatic rings. The van der Waals surface area contributed by atoms with Gasteiger partial charge in [-0.15, -0.1) is 0 Å². The van der Waals surface area contributed by atoms with Crippen LogP contribution in [-0.2, 0) is 4.74 Å². The Morgan fingerprint density at radius 3 is 2.29 bits per heavy atom. The minimum Gasteiger partial charge on any atom is -0.381 e. The van der Waals surface area contributed by atoms with Gasteiger partial charge in [0, 0.05) is 24.6 Å². The van der Waals surface area contributed by atoms with E-state index in [0.29, 0.717) is 23.9 Å². The van der Waals surface area contributed by atoms with Crippen LogP contribution in [0.5, 0.6) is 0 Å². The van der Waals surface area contributed by atoms with E-state index in [9.17, 15) is 0 Å². The van der Waals surface area contributed by atoms with Gasteiger partial charge in [0.1, 0.15) is 0 Å². The fourth-order valence-corrected chi connectivity index (χ4v) is 2.94. The molecule has 2 rings (SSSR count). The van der Waals surface area contributed by atoms with Gasteiger partial charge in [-0.25, -0.2) is 0 Å². The Bertz CT molecular complexity index is 166. The Morgan fingerprint density at radius 2 is 1.57 bits per heavy atom. The first-order chi connectivity index (χ1) is 6.79. The summed E-state index contributed by atoms with van der Waals surface area (Å²) in [7, 11) is 0. The van der Waals surface area contributed by atoms with Gasteiger partial charge in [-0.2, -0.15) is 0 Å². The largest absolute Gasteiger partial charge is 0.381 e. The second kappa shape index (κ2) is 4.60. The summed E-state index contributed by atoms with van der Waals surface area (Å²) < 4.78 is 5.52. The van der Waals surface area contributed by atoms with Gasteiger partial charge in [0.2, 0.25) is 0 Å². The molecule has 1 saturated carbocycles. The van der Waals surface area contributed by atoms with Crippen LogP contribution in [0.4, 0.5) is 0 Å². The molecule has 4 atom stereocenters. The highest BCUT2D eigenvalue weighted by Gasteiger charge is 2.34. The van der Waals surface area contributed by atoms with Gasteiger partial charge in [0.25, 0.3) is 0 Å². The van der Waals surface area contributed by atoms with Crippen LogP contribution in [0.1, 0.15) is 32.1 Å². The van der Waals surface area contributed by atoms with Crippen LogP contribution in [-0.4, -0.2) is 25.3 Å². The van der Waals surface area contributed by atoms with Gasteiger partial charge < -0.3 is 16.2 Å². The zero-order chi connectivity index (χ0) is 9.97. The summed E-state index contributed by atoms with van der Waals surface area (Å²) in [5.41, 5.74) is 12.3. The van der Waals surface area contributed by atoms with Gasteiger partial charge >= 0.3 is 0 Å². The van der Waals surface area contributed by atoms with Gasteiger partial charge in [-0.1, -0.05) is 12.8 Å². The molecule has 14 heavy (non-hydrogen) atoms. The molecule has 0 spiro atoms. The molecule has 0 radical (unpaired) electrons. The number of hydrogen-bond acceptors (Lipinski definition) is 3. The predicted octanol–water partition coefficient (Wildman–Crippen LogP) is 0.868. The molecule has 3 nitrogen and oxygen atoms in total. The fraction of sp³-hybridized carbons (Fsp3) is 1.00. The topological polar surface area (TPSA) is 61.3 Å². The van der Waals surface area contributed by atoms with Crippen LogP contribution in [0, 0.1) is 11.8 Å². The number of rotatable bonds is 1. The minimum absolute atomic E-state index is 0.317. The molecule has 82 valence electrons. The van der Waals surface area contributed by atoms with Crippen molar-refractivity contribution in [3.05, 3.63) is 0 Å². The van der Waals surface area contributed by atoms with Gasteiger partial charge in [0.05, 0.1) is 6.61 Å². The zero-order valence-electron chi connectivity index (χ0n) is 8.82.